The number of nitrogens with one attached hydrogen (secondary N) is 1. The van der Waals surface area contributed by atoms with Crippen molar-refractivity contribution in [2.75, 3.05) is 5.32 Å². The fourth-order valence-corrected chi connectivity index (χ4v) is 4.42. The molecule has 0 fully saturated rings. The van der Waals surface area contributed by atoms with Gasteiger partial charge in [-0.1, -0.05) is 61.0 Å². The molecule has 1 N–H and O–H groups in total. The molecule has 2 heterocycles. The topological polar surface area (TPSA) is 37.8 Å². The lowest BCUT2D eigenvalue weighted by atomic mass is 10.1. The molecule has 0 saturated heterocycles. The number of anilines is 1. The van der Waals surface area contributed by atoms with Gasteiger partial charge in [-0.25, -0.2) is 9.97 Å². The van der Waals surface area contributed by atoms with Crippen LogP contribution >= 0.6 is 11.3 Å². The minimum atomic E-state index is 0.183. The minimum Gasteiger partial charge on any atom is -0.364 e. The SMILES string of the molecule is CCc1nc(-c2cccc(C)c2)c(-c2ccnc(N[C@H](C)c3ccccc3)c2)s1. The van der Waals surface area contributed by atoms with Gasteiger partial charge in [0.25, 0.3) is 0 Å². The van der Waals surface area contributed by atoms with E-state index in [9.17, 15) is 0 Å². The Bertz CT molecular complexity index is 1100. The van der Waals surface area contributed by atoms with E-state index in [0.717, 1.165) is 28.5 Å². The van der Waals surface area contributed by atoms with Crippen molar-refractivity contribution in [2.45, 2.75) is 33.2 Å². The normalized spacial score (nSPS) is 12.0. The fourth-order valence-electron chi connectivity index (χ4n) is 3.40. The lowest BCUT2D eigenvalue weighted by Gasteiger charge is -2.15. The Morgan fingerprint density at radius 3 is 2.55 bits per heavy atom. The van der Waals surface area contributed by atoms with E-state index >= 15 is 0 Å². The zero-order valence-corrected chi connectivity index (χ0v) is 17.8. The van der Waals surface area contributed by atoms with Gasteiger partial charge in [0.2, 0.25) is 0 Å². The highest BCUT2D eigenvalue weighted by Gasteiger charge is 2.15. The number of rotatable bonds is 6. The Kier molecular flexibility index (Phi) is 5.72. The highest BCUT2D eigenvalue weighted by molar-refractivity contribution is 7.15. The lowest BCUT2D eigenvalue weighted by Crippen LogP contribution is -2.07. The van der Waals surface area contributed by atoms with Gasteiger partial charge in [0.1, 0.15) is 5.82 Å². The highest BCUT2D eigenvalue weighted by Crippen LogP contribution is 2.38. The molecular weight excluding hydrogens is 374 g/mol. The number of aromatic nitrogens is 2. The summed E-state index contributed by atoms with van der Waals surface area (Å²) in [6.45, 7) is 6.43. The number of thiazole rings is 1. The minimum absolute atomic E-state index is 0.183. The molecule has 4 aromatic rings. The molecule has 0 radical (unpaired) electrons. The summed E-state index contributed by atoms with van der Waals surface area (Å²) in [5.41, 5.74) is 5.86. The van der Waals surface area contributed by atoms with Gasteiger partial charge < -0.3 is 5.32 Å². The van der Waals surface area contributed by atoms with Crippen LogP contribution in [0, 0.1) is 6.92 Å². The molecule has 29 heavy (non-hydrogen) atoms. The Labute approximate surface area is 176 Å². The summed E-state index contributed by atoms with van der Waals surface area (Å²) < 4.78 is 0. The van der Waals surface area contributed by atoms with Crippen LogP contribution in [-0.2, 0) is 6.42 Å². The molecule has 0 bridgehead atoms. The third kappa shape index (κ3) is 4.38. The molecule has 1 atom stereocenters. The van der Waals surface area contributed by atoms with Gasteiger partial charge in [0.05, 0.1) is 15.6 Å². The summed E-state index contributed by atoms with van der Waals surface area (Å²) in [7, 11) is 0. The number of nitrogens with zero attached hydrogens (tertiary/aromatic N) is 2. The summed E-state index contributed by atoms with van der Waals surface area (Å²) in [4.78, 5) is 10.7. The van der Waals surface area contributed by atoms with E-state index in [1.807, 2.05) is 12.3 Å². The molecular formula is C25H25N3S. The summed E-state index contributed by atoms with van der Waals surface area (Å²) in [5.74, 6) is 0.875. The molecule has 0 amide bonds. The van der Waals surface area contributed by atoms with E-state index in [1.165, 1.54) is 21.6 Å². The second-order valence-corrected chi connectivity index (χ2v) is 8.30. The number of aryl methyl sites for hydroxylation is 2. The summed E-state index contributed by atoms with van der Waals surface area (Å²) in [6, 6.07) is 23.4. The zero-order valence-electron chi connectivity index (χ0n) is 17.0. The first-order chi connectivity index (χ1) is 14.1. The highest BCUT2D eigenvalue weighted by atomic mass is 32.1. The van der Waals surface area contributed by atoms with Crippen molar-refractivity contribution < 1.29 is 0 Å². The average Bonchev–Trinajstić information content (AvgIpc) is 3.19. The summed E-state index contributed by atoms with van der Waals surface area (Å²) in [5, 5.41) is 4.68. The number of hydrogen-bond acceptors (Lipinski definition) is 4. The van der Waals surface area contributed by atoms with Crippen LogP contribution in [0.25, 0.3) is 21.7 Å². The second kappa shape index (κ2) is 8.58. The predicted molar refractivity (Wildman–Crippen MR) is 123 cm³/mol. The van der Waals surface area contributed by atoms with Crippen LogP contribution in [0.4, 0.5) is 5.82 Å². The van der Waals surface area contributed by atoms with Crippen molar-refractivity contribution in [1.29, 1.82) is 0 Å². The molecule has 2 aromatic carbocycles. The largest absolute Gasteiger partial charge is 0.364 e. The molecule has 0 aliphatic rings. The van der Waals surface area contributed by atoms with Gasteiger partial charge in [0, 0.05) is 17.8 Å². The lowest BCUT2D eigenvalue weighted by molar-refractivity contribution is 0.875. The van der Waals surface area contributed by atoms with Gasteiger partial charge in [0.15, 0.2) is 0 Å². The molecule has 4 heteroatoms. The number of pyridine rings is 1. The van der Waals surface area contributed by atoms with E-state index in [-0.39, 0.29) is 6.04 Å². The van der Waals surface area contributed by atoms with Crippen molar-refractivity contribution in [3.63, 3.8) is 0 Å². The zero-order chi connectivity index (χ0) is 20.2. The Balaban J connectivity index is 1.69. The maximum absolute atomic E-state index is 4.93. The maximum atomic E-state index is 4.93. The van der Waals surface area contributed by atoms with Crippen molar-refractivity contribution in [3.05, 3.63) is 89.1 Å². The van der Waals surface area contributed by atoms with Crippen molar-refractivity contribution in [3.8, 4) is 21.7 Å². The van der Waals surface area contributed by atoms with Crippen LogP contribution in [-0.4, -0.2) is 9.97 Å². The third-order valence-electron chi connectivity index (χ3n) is 4.95. The Morgan fingerprint density at radius 2 is 1.79 bits per heavy atom. The quantitative estimate of drug-likeness (QED) is 0.382. The van der Waals surface area contributed by atoms with Crippen LogP contribution in [0.15, 0.2) is 72.9 Å². The van der Waals surface area contributed by atoms with Crippen LogP contribution in [0.1, 0.15) is 36.0 Å². The molecule has 0 spiro atoms. The maximum Gasteiger partial charge on any atom is 0.126 e. The van der Waals surface area contributed by atoms with Crippen LogP contribution in [0.3, 0.4) is 0 Å². The summed E-state index contributed by atoms with van der Waals surface area (Å²) in [6.07, 6.45) is 2.81. The van der Waals surface area contributed by atoms with Gasteiger partial charge >= 0.3 is 0 Å². The van der Waals surface area contributed by atoms with E-state index in [1.54, 1.807) is 11.3 Å². The average molecular weight is 400 g/mol. The monoisotopic (exact) mass is 399 g/mol. The molecule has 3 nitrogen and oxygen atoms in total. The van der Waals surface area contributed by atoms with E-state index in [0.29, 0.717) is 0 Å². The smallest absolute Gasteiger partial charge is 0.126 e. The molecule has 0 saturated carbocycles. The van der Waals surface area contributed by atoms with Gasteiger partial charge in [-0.3, -0.25) is 0 Å². The van der Waals surface area contributed by atoms with Gasteiger partial charge in [-0.05, 0) is 49.6 Å². The van der Waals surface area contributed by atoms with Crippen LogP contribution < -0.4 is 5.32 Å². The predicted octanol–water partition coefficient (Wildman–Crippen LogP) is 6.92. The van der Waals surface area contributed by atoms with E-state index in [2.05, 4.69) is 91.7 Å². The first-order valence-corrected chi connectivity index (χ1v) is 10.8. The van der Waals surface area contributed by atoms with Crippen LogP contribution in [0.2, 0.25) is 0 Å². The summed E-state index contributed by atoms with van der Waals surface area (Å²) >= 11 is 1.77. The van der Waals surface area contributed by atoms with Crippen molar-refractivity contribution in [1.82, 2.24) is 9.97 Å². The standard InChI is InChI=1S/C25H25N3S/c1-4-23-28-24(20-12-8-9-17(2)15-20)25(29-23)21-13-14-26-22(16-21)27-18(3)19-10-6-5-7-11-19/h5-16,18H,4H2,1-3H3,(H,26,27)/t18-/m1/s1. The molecule has 0 aliphatic heterocycles. The molecule has 0 unspecified atom stereocenters. The van der Waals surface area contributed by atoms with Crippen molar-refractivity contribution in [2.24, 2.45) is 0 Å². The van der Waals surface area contributed by atoms with Crippen molar-refractivity contribution >= 4 is 17.2 Å². The first-order valence-electron chi connectivity index (χ1n) is 9.98. The number of benzene rings is 2. The second-order valence-electron chi connectivity index (χ2n) is 7.21. The third-order valence-corrected chi connectivity index (χ3v) is 6.20. The molecule has 2 aromatic heterocycles. The molecule has 4 rings (SSSR count). The van der Waals surface area contributed by atoms with Gasteiger partial charge in [-0.2, -0.15) is 0 Å². The molecule has 146 valence electrons. The molecule has 0 aliphatic carbocycles. The van der Waals surface area contributed by atoms with E-state index < -0.39 is 0 Å². The Hall–Kier alpha value is -2.98. The van der Waals surface area contributed by atoms with Gasteiger partial charge in [-0.15, -0.1) is 11.3 Å². The first kappa shape index (κ1) is 19.3. The Morgan fingerprint density at radius 1 is 0.966 bits per heavy atom. The number of hydrogen-bond donors (Lipinski definition) is 1. The fraction of sp³-hybridized carbons (Fsp3) is 0.200. The van der Waals surface area contributed by atoms with Crippen LogP contribution in [0.5, 0.6) is 0 Å². The van der Waals surface area contributed by atoms with E-state index in [4.69, 9.17) is 4.98 Å².